The number of piperidine rings is 1. The Hall–Kier alpha value is -0.190. The predicted octanol–water partition coefficient (Wildman–Crippen LogP) is 1.86. The Morgan fingerprint density at radius 1 is 1.22 bits per heavy atom. The van der Waals surface area contributed by atoms with Gasteiger partial charge >= 0.3 is 0 Å². The van der Waals surface area contributed by atoms with Crippen LogP contribution < -0.4 is 5.73 Å². The third kappa shape index (κ3) is 4.18. The Morgan fingerprint density at radius 2 is 1.83 bits per heavy atom. The van der Waals surface area contributed by atoms with Crippen LogP contribution in [0.25, 0.3) is 0 Å². The largest absolute Gasteiger partial charge is 0.393 e. The van der Waals surface area contributed by atoms with Gasteiger partial charge < -0.3 is 15.5 Å². The van der Waals surface area contributed by atoms with Crippen molar-refractivity contribution in [2.45, 2.75) is 45.1 Å². The molecule has 3 nitrogen and oxygen atoms in total. The van der Waals surface area contributed by atoms with Gasteiger partial charge in [0.1, 0.15) is 0 Å². The van der Waals surface area contributed by atoms with Crippen LogP contribution in [0.15, 0.2) is 0 Å². The molecule has 1 unspecified atom stereocenters. The molecule has 0 aromatic heterocycles. The minimum atomic E-state index is 0.523. The highest BCUT2D eigenvalue weighted by Gasteiger charge is 2.25. The second-order valence-corrected chi connectivity index (χ2v) is 6.53. The molecule has 18 heavy (non-hydrogen) atoms. The van der Waals surface area contributed by atoms with Crippen LogP contribution in [0.5, 0.6) is 0 Å². The summed E-state index contributed by atoms with van der Waals surface area (Å²) in [7, 11) is 0. The first-order valence-electron chi connectivity index (χ1n) is 7.40. The van der Waals surface area contributed by atoms with Gasteiger partial charge in [0.15, 0.2) is 0 Å². The van der Waals surface area contributed by atoms with Gasteiger partial charge in [-0.2, -0.15) is 0 Å². The van der Waals surface area contributed by atoms with Crippen LogP contribution in [-0.4, -0.2) is 53.6 Å². The Bertz CT molecular complexity index is 268. The van der Waals surface area contributed by atoms with E-state index >= 15 is 0 Å². The third-order valence-corrected chi connectivity index (χ3v) is 4.65. The van der Waals surface area contributed by atoms with Crippen LogP contribution >= 0.6 is 12.2 Å². The molecular weight excluding hydrogens is 242 g/mol. The average Bonchev–Trinajstić information content (AvgIpc) is 2.82. The molecule has 4 heteroatoms. The number of thiocarbonyl (C=S) groups is 1. The molecule has 0 amide bonds. The summed E-state index contributed by atoms with van der Waals surface area (Å²) in [6.07, 6.45) is 6.37. The van der Waals surface area contributed by atoms with E-state index in [0.29, 0.717) is 11.0 Å². The second-order valence-electron chi connectivity index (χ2n) is 6.01. The third-order valence-electron chi connectivity index (χ3n) is 4.48. The fraction of sp³-hybridized carbons (Fsp3) is 0.929. The summed E-state index contributed by atoms with van der Waals surface area (Å²) >= 11 is 5.00. The van der Waals surface area contributed by atoms with Gasteiger partial charge in [-0.1, -0.05) is 12.2 Å². The number of hydrogen-bond donors (Lipinski definition) is 1. The summed E-state index contributed by atoms with van der Waals surface area (Å²) < 4.78 is 0. The zero-order chi connectivity index (χ0) is 13.0. The van der Waals surface area contributed by atoms with Crippen LogP contribution in [0, 0.1) is 5.92 Å². The highest BCUT2D eigenvalue weighted by molar-refractivity contribution is 7.80. The molecule has 0 aromatic carbocycles. The maximum absolute atomic E-state index is 5.63. The molecule has 2 aliphatic rings. The van der Waals surface area contributed by atoms with Gasteiger partial charge in [0.2, 0.25) is 0 Å². The van der Waals surface area contributed by atoms with Crippen molar-refractivity contribution in [3.8, 4) is 0 Å². The average molecular weight is 269 g/mol. The quantitative estimate of drug-likeness (QED) is 0.772. The van der Waals surface area contributed by atoms with Gasteiger partial charge in [-0.05, 0) is 64.7 Å². The molecule has 0 radical (unpaired) electrons. The predicted molar refractivity (Wildman–Crippen MR) is 80.8 cm³/mol. The topological polar surface area (TPSA) is 32.5 Å². The van der Waals surface area contributed by atoms with E-state index in [0.717, 1.165) is 12.3 Å². The van der Waals surface area contributed by atoms with Crippen molar-refractivity contribution < 1.29 is 0 Å². The standard InChI is InChI=1S/C14H27N3S/c1-12(10-14(15)18)17-8-4-13(5-9-17)11-16-6-2-3-7-16/h12-13H,2-11H2,1H3,(H2,15,18). The molecule has 1 atom stereocenters. The zero-order valence-electron chi connectivity index (χ0n) is 11.6. The molecular formula is C14H27N3S. The Balaban J connectivity index is 1.68. The molecule has 0 bridgehead atoms. The molecule has 0 aromatic rings. The smallest absolute Gasteiger partial charge is 0.0742 e. The molecule has 2 N–H and O–H groups in total. The van der Waals surface area contributed by atoms with Crippen molar-refractivity contribution >= 4 is 17.2 Å². The molecule has 0 saturated carbocycles. The van der Waals surface area contributed by atoms with Gasteiger partial charge in [0, 0.05) is 19.0 Å². The lowest BCUT2D eigenvalue weighted by Gasteiger charge is -2.37. The van der Waals surface area contributed by atoms with E-state index in [1.165, 1.54) is 58.4 Å². The van der Waals surface area contributed by atoms with Crippen molar-refractivity contribution in [1.82, 2.24) is 9.80 Å². The van der Waals surface area contributed by atoms with Crippen LogP contribution in [-0.2, 0) is 0 Å². The Labute approximate surface area is 117 Å². The van der Waals surface area contributed by atoms with E-state index in [2.05, 4.69) is 16.7 Å². The SMILES string of the molecule is CC(CC(N)=S)N1CCC(CN2CCCC2)CC1. The minimum absolute atomic E-state index is 0.523. The van der Waals surface area contributed by atoms with Gasteiger partial charge in [-0.15, -0.1) is 0 Å². The molecule has 104 valence electrons. The lowest BCUT2D eigenvalue weighted by atomic mass is 9.95. The molecule has 2 heterocycles. The summed E-state index contributed by atoms with van der Waals surface area (Å²) in [4.78, 5) is 5.86. The number of rotatable bonds is 5. The fourth-order valence-corrected chi connectivity index (χ4v) is 3.57. The lowest BCUT2D eigenvalue weighted by Crippen LogP contribution is -2.43. The fourth-order valence-electron chi connectivity index (χ4n) is 3.33. The Morgan fingerprint density at radius 3 is 2.39 bits per heavy atom. The van der Waals surface area contributed by atoms with Crippen LogP contribution in [0.3, 0.4) is 0 Å². The molecule has 0 spiro atoms. The van der Waals surface area contributed by atoms with Gasteiger partial charge in [-0.25, -0.2) is 0 Å². The van der Waals surface area contributed by atoms with E-state index in [1.54, 1.807) is 0 Å². The van der Waals surface area contributed by atoms with Gasteiger partial charge in [-0.3, -0.25) is 0 Å². The summed E-state index contributed by atoms with van der Waals surface area (Å²) in [6, 6.07) is 0.523. The van der Waals surface area contributed by atoms with Crippen molar-refractivity contribution in [3.05, 3.63) is 0 Å². The van der Waals surface area contributed by atoms with Crippen LogP contribution in [0.4, 0.5) is 0 Å². The highest BCUT2D eigenvalue weighted by atomic mass is 32.1. The number of hydrogen-bond acceptors (Lipinski definition) is 3. The van der Waals surface area contributed by atoms with E-state index < -0.39 is 0 Å². The minimum Gasteiger partial charge on any atom is -0.393 e. The number of likely N-dealkylation sites (tertiary alicyclic amines) is 2. The summed E-state index contributed by atoms with van der Waals surface area (Å²) in [6.45, 7) is 8.69. The van der Waals surface area contributed by atoms with Crippen molar-refractivity contribution in [2.24, 2.45) is 11.7 Å². The molecule has 2 aliphatic heterocycles. The summed E-state index contributed by atoms with van der Waals surface area (Å²) in [5.74, 6) is 0.913. The maximum Gasteiger partial charge on any atom is 0.0742 e. The first-order valence-corrected chi connectivity index (χ1v) is 7.80. The first kappa shape index (κ1) is 14.2. The highest BCUT2D eigenvalue weighted by Crippen LogP contribution is 2.22. The normalized spacial score (nSPS) is 25.4. The lowest BCUT2D eigenvalue weighted by molar-refractivity contribution is 0.124. The number of nitrogens with two attached hydrogens (primary N) is 1. The Kier molecular flexibility index (Phi) is 5.39. The maximum atomic E-state index is 5.63. The van der Waals surface area contributed by atoms with E-state index in [1.807, 2.05) is 0 Å². The molecule has 2 rings (SSSR count). The van der Waals surface area contributed by atoms with Crippen molar-refractivity contribution in [2.75, 3.05) is 32.7 Å². The molecule has 2 saturated heterocycles. The van der Waals surface area contributed by atoms with Gasteiger partial charge in [0.25, 0.3) is 0 Å². The van der Waals surface area contributed by atoms with Gasteiger partial charge in [0.05, 0.1) is 4.99 Å². The van der Waals surface area contributed by atoms with Crippen LogP contribution in [0.1, 0.15) is 39.0 Å². The summed E-state index contributed by atoms with van der Waals surface area (Å²) in [5, 5.41) is 0. The molecule has 0 aliphatic carbocycles. The summed E-state index contributed by atoms with van der Waals surface area (Å²) in [5.41, 5.74) is 5.63. The number of nitrogens with zero attached hydrogens (tertiary/aromatic N) is 2. The van der Waals surface area contributed by atoms with Crippen molar-refractivity contribution in [1.29, 1.82) is 0 Å². The van der Waals surface area contributed by atoms with E-state index in [9.17, 15) is 0 Å². The van der Waals surface area contributed by atoms with E-state index in [-0.39, 0.29) is 0 Å². The van der Waals surface area contributed by atoms with Crippen LogP contribution in [0.2, 0.25) is 0 Å². The monoisotopic (exact) mass is 269 g/mol. The van der Waals surface area contributed by atoms with E-state index in [4.69, 9.17) is 18.0 Å². The zero-order valence-corrected chi connectivity index (χ0v) is 12.4. The molecule has 2 fully saturated rings. The second kappa shape index (κ2) is 6.83. The first-order chi connectivity index (χ1) is 8.65. The van der Waals surface area contributed by atoms with Crippen molar-refractivity contribution in [3.63, 3.8) is 0 Å².